The molecule has 1 aromatic carbocycles. The minimum Gasteiger partial charge on any atom is -0.351 e. The number of nitrogens with zero attached hydrogens (tertiary/aromatic N) is 4. The van der Waals surface area contributed by atoms with Crippen molar-refractivity contribution in [3.63, 3.8) is 0 Å². The van der Waals surface area contributed by atoms with E-state index in [1.165, 1.54) is 0 Å². The first-order valence-electron chi connectivity index (χ1n) is 11.4. The summed E-state index contributed by atoms with van der Waals surface area (Å²) < 4.78 is 1.57. The highest BCUT2D eigenvalue weighted by molar-refractivity contribution is 6.31. The van der Waals surface area contributed by atoms with Crippen LogP contribution in [0.3, 0.4) is 0 Å². The van der Waals surface area contributed by atoms with Crippen LogP contribution in [-0.4, -0.2) is 44.5 Å². The Balaban J connectivity index is 1.28. The second-order valence-corrected chi connectivity index (χ2v) is 9.02. The van der Waals surface area contributed by atoms with Crippen molar-refractivity contribution in [3.8, 4) is 11.1 Å². The topological polar surface area (TPSA) is 80.1 Å². The lowest BCUT2D eigenvalue weighted by Gasteiger charge is -2.20. The molecule has 1 aliphatic heterocycles. The quantitative estimate of drug-likeness (QED) is 0.593. The highest BCUT2D eigenvalue weighted by atomic mass is 35.5. The molecule has 1 atom stereocenters. The largest absolute Gasteiger partial charge is 0.351 e. The van der Waals surface area contributed by atoms with E-state index in [0.717, 1.165) is 30.4 Å². The van der Waals surface area contributed by atoms with Gasteiger partial charge >= 0.3 is 0 Å². The molecule has 33 heavy (non-hydrogen) atoms. The summed E-state index contributed by atoms with van der Waals surface area (Å²) in [6.07, 6.45) is 4.55. The van der Waals surface area contributed by atoms with Crippen LogP contribution in [-0.2, 0) is 6.54 Å². The minimum absolute atomic E-state index is 0.00969. The third kappa shape index (κ3) is 4.37. The average Bonchev–Trinajstić information content (AvgIpc) is 3.59. The standard InChI is InChI=1S/C25H26ClN5O2/c1-2-31-24(33)21(26)22(17-8-9-17)29-25(31)28-19-12-13-30(15-19)23(32)20-11-10-18(14-27-20)16-6-4-3-5-7-16/h3-7,10-11,14,17,19H,2,8-9,12-13,15H2,1H3,(H,28,29)/t19-/m1/s1. The number of amides is 1. The Morgan fingerprint density at radius 3 is 2.58 bits per heavy atom. The highest BCUT2D eigenvalue weighted by Gasteiger charge is 2.32. The molecule has 3 aromatic rings. The number of carbonyl (C=O) groups excluding carboxylic acids is 1. The summed E-state index contributed by atoms with van der Waals surface area (Å²) in [5.41, 5.74) is 2.97. The molecule has 2 fully saturated rings. The summed E-state index contributed by atoms with van der Waals surface area (Å²) in [7, 11) is 0. The molecule has 0 bridgehead atoms. The number of likely N-dealkylation sites (tertiary alicyclic amines) is 1. The van der Waals surface area contributed by atoms with E-state index < -0.39 is 0 Å². The predicted molar refractivity (Wildman–Crippen MR) is 129 cm³/mol. The molecule has 0 spiro atoms. The number of pyridine rings is 1. The number of carbonyl (C=O) groups is 1. The van der Waals surface area contributed by atoms with Gasteiger partial charge in [-0.2, -0.15) is 0 Å². The van der Waals surface area contributed by atoms with Crippen LogP contribution < -0.4 is 10.9 Å². The lowest BCUT2D eigenvalue weighted by atomic mass is 10.1. The molecule has 2 aromatic heterocycles. The van der Waals surface area contributed by atoms with Gasteiger partial charge in [-0.25, -0.2) is 4.98 Å². The van der Waals surface area contributed by atoms with Crippen LogP contribution >= 0.6 is 11.6 Å². The number of rotatable bonds is 6. The van der Waals surface area contributed by atoms with Crippen LogP contribution in [0.2, 0.25) is 5.02 Å². The molecular weight excluding hydrogens is 438 g/mol. The van der Waals surface area contributed by atoms with Gasteiger partial charge < -0.3 is 10.2 Å². The summed E-state index contributed by atoms with van der Waals surface area (Å²) in [6.45, 7) is 3.53. The number of benzene rings is 1. The first-order valence-corrected chi connectivity index (χ1v) is 11.8. The maximum Gasteiger partial charge on any atom is 0.273 e. The molecule has 1 aliphatic carbocycles. The van der Waals surface area contributed by atoms with Gasteiger partial charge in [0.25, 0.3) is 11.5 Å². The van der Waals surface area contributed by atoms with Crippen LogP contribution in [0.5, 0.6) is 0 Å². The second kappa shape index (κ2) is 8.98. The molecule has 0 unspecified atom stereocenters. The first-order chi connectivity index (χ1) is 16.0. The maximum absolute atomic E-state index is 13.0. The van der Waals surface area contributed by atoms with Gasteiger partial charge in [-0.15, -0.1) is 0 Å². The zero-order valence-corrected chi connectivity index (χ0v) is 19.3. The monoisotopic (exact) mass is 463 g/mol. The van der Waals surface area contributed by atoms with E-state index in [2.05, 4.69) is 10.3 Å². The van der Waals surface area contributed by atoms with Crippen LogP contribution in [0.4, 0.5) is 5.95 Å². The van der Waals surface area contributed by atoms with E-state index in [4.69, 9.17) is 16.6 Å². The van der Waals surface area contributed by atoms with Gasteiger partial charge in [0, 0.05) is 43.4 Å². The smallest absolute Gasteiger partial charge is 0.273 e. The Kier molecular flexibility index (Phi) is 5.89. The molecule has 8 heteroatoms. The minimum atomic E-state index is -0.202. The van der Waals surface area contributed by atoms with E-state index in [1.54, 1.807) is 21.7 Å². The fourth-order valence-corrected chi connectivity index (χ4v) is 4.61. The van der Waals surface area contributed by atoms with Crippen LogP contribution in [0, 0.1) is 0 Å². The zero-order valence-electron chi connectivity index (χ0n) is 18.5. The summed E-state index contributed by atoms with van der Waals surface area (Å²) in [5.74, 6) is 0.733. The predicted octanol–water partition coefficient (Wildman–Crippen LogP) is 4.18. The fraction of sp³-hybridized carbons (Fsp3) is 0.360. The van der Waals surface area contributed by atoms with Crippen molar-refractivity contribution in [1.82, 2.24) is 19.4 Å². The van der Waals surface area contributed by atoms with Gasteiger partial charge in [-0.3, -0.25) is 19.1 Å². The SMILES string of the molecule is CCn1c(N[C@@H]2CCN(C(=O)c3ccc(-c4ccccc4)cn3)C2)nc(C2CC2)c(Cl)c1=O. The van der Waals surface area contributed by atoms with E-state index in [-0.39, 0.29) is 28.4 Å². The van der Waals surface area contributed by atoms with E-state index >= 15 is 0 Å². The van der Waals surface area contributed by atoms with Gasteiger partial charge in [0.1, 0.15) is 10.7 Å². The molecule has 170 valence electrons. The lowest BCUT2D eigenvalue weighted by molar-refractivity contribution is 0.0786. The van der Waals surface area contributed by atoms with Gasteiger partial charge in [-0.05, 0) is 37.8 Å². The molecule has 1 amide bonds. The summed E-state index contributed by atoms with van der Waals surface area (Å²) in [4.78, 5) is 36.6. The van der Waals surface area contributed by atoms with Crippen molar-refractivity contribution in [2.24, 2.45) is 0 Å². The first kappa shape index (κ1) is 21.6. The number of nitrogens with one attached hydrogen (secondary N) is 1. The molecular formula is C25H26ClN5O2. The van der Waals surface area contributed by atoms with Crippen molar-refractivity contribution in [1.29, 1.82) is 0 Å². The number of hydrogen-bond acceptors (Lipinski definition) is 5. The van der Waals surface area contributed by atoms with Gasteiger partial charge in [0.2, 0.25) is 5.95 Å². The molecule has 3 heterocycles. The van der Waals surface area contributed by atoms with Gasteiger partial charge in [0.05, 0.1) is 5.69 Å². The molecule has 1 saturated carbocycles. The number of anilines is 1. The molecule has 1 N–H and O–H groups in total. The molecule has 0 radical (unpaired) electrons. The summed E-state index contributed by atoms with van der Waals surface area (Å²) >= 11 is 6.30. The van der Waals surface area contributed by atoms with Crippen LogP contribution in [0.15, 0.2) is 53.5 Å². The summed E-state index contributed by atoms with van der Waals surface area (Å²) in [6, 6.07) is 13.7. The molecule has 7 nitrogen and oxygen atoms in total. The normalized spacial score (nSPS) is 17.9. The Hall–Kier alpha value is -3.19. The molecule has 1 saturated heterocycles. The van der Waals surface area contributed by atoms with Gasteiger partial charge in [0.15, 0.2) is 0 Å². The third-order valence-electron chi connectivity index (χ3n) is 6.32. The Morgan fingerprint density at radius 1 is 1.12 bits per heavy atom. The van der Waals surface area contributed by atoms with Crippen molar-refractivity contribution >= 4 is 23.5 Å². The maximum atomic E-state index is 13.0. The number of hydrogen-bond donors (Lipinski definition) is 1. The average molecular weight is 464 g/mol. The number of aromatic nitrogens is 3. The van der Waals surface area contributed by atoms with Crippen LogP contribution in [0.1, 0.15) is 48.3 Å². The lowest BCUT2D eigenvalue weighted by Crippen LogP contribution is -2.34. The highest BCUT2D eigenvalue weighted by Crippen LogP contribution is 2.41. The molecule has 2 aliphatic rings. The zero-order chi connectivity index (χ0) is 22.9. The van der Waals surface area contributed by atoms with Gasteiger partial charge in [-0.1, -0.05) is 48.0 Å². The third-order valence-corrected chi connectivity index (χ3v) is 6.67. The number of halogens is 1. The Labute approximate surface area is 197 Å². The van der Waals surface area contributed by atoms with Crippen molar-refractivity contribution in [3.05, 3.63) is 75.4 Å². The molecule has 5 rings (SSSR count). The fourth-order valence-electron chi connectivity index (χ4n) is 4.31. The van der Waals surface area contributed by atoms with E-state index in [0.29, 0.717) is 37.0 Å². The van der Waals surface area contributed by atoms with Crippen molar-refractivity contribution in [2.75, 3.05) is 18.4 Å². The Bertz CT molecular complexity index is 1220. The summed E-state index contributed by atoms with van der Waals surface area (Å²) in [5, 5.41) is 3.63. The van der Waals surface area contributed by atoms with E-state index in [9.17, 15) is 9.59 Å². The second-order valence-electron chi connectivity index (χ2n) is 8.64. The van der Waals surface area contributed by atoms with Crippen molar-refractivity contribution < 1.29 is 4.79 Å². The Morgan fingerprint density at radius 2 is 1.91 bits per heavy atom. The van der Waals surface area contributed by atoms with Crippen LogP contribution in [0.25, 0.3) is 11.1 Å². The van der Waals surface area contributed by atoms with E-state index in [1.807, 2.05) is 43.3 Å². The van der Waals surface area contributed by atoms with Crippen molar-refractivity contribution in [2.45, 2.75) is 44.7 Å².